The molecule has 2 N–H and O–H groups in total. The van der Waals surface area contributed by atoms with Crippen LogP contribution in [0, 0.1) is 5.92 Å². The van der Waals surface area contributed by atoms with E-state index in [9.17, 15) is 4.79 Å². The Morgan fingerprint density at radius 1 is 1.53 bits per heavy atom. The zero-order valence-corrected chi connectivity index (χ0v) is 9.39. The van der Waals surface area contributed by atoms with Gasteiger partial charge in [0.05, 0.1) is 0 Å². The van der Waals surface area contributed by atoms with Crippen molar-refractivity contribution < 1.29 is 0 Å². The Balaban J connectivity index is 2.11. The molecule has 1 unspecified atom stereocenters. The molecule has 82 valence electrons. The number of aromatic amines is 2. The molecule has 0 saturated carbocycles. The monoisotopic (exact) mass is 206 g/mol. The van der Waals surface area contributed by atoms with Crippen LogP contribution in [0.3, 0.4) is 0 Å². The first kappa shape index (κ1) is 10.3. The van der Waals surface area contributed by atoms with Gasteiger partial charge in [0.25, 0.3) is 0 Å². The van der Waals surface area contributed by atoms with Gasteiger partial charge in [0.1, 0.15) is 0 Å². The van der Waals surface area contributed by atoms with Crippen molar-refractivity contribution in [2.75, 3.05) is 0 Å². The van der Waals surface area contributed by atoms with Crippen LogP contribution in [-0.4, -0.2) is 9.97 Å². The van der Waals surface area contributed by atoms with E-state index in [2.05, 4.69) is 23.8 Å². The maximum absolute atomic E-state index is 11.0. The van der Waals surface area contributed by atoms with Crippen molar-refractivity contribution in [3.63, 3.8) is 0 Å². The van der Waals surface area contributed by atoms with Crippen LogP contribution >= 0.6 is 0 Å². The first-order valence-corrected chi connectivity index (χ1v) is 5.65. The van der Waals surface area contributed by atoms with Gasteiger partial charge in [-0.05, 0) is 38.5 Å². The van der Waals surface area contributed by atoms with E-state index in [4.69, 9.17) is 0 Å². The van der Waals surface area contributed by atoms with Crippen LogP contribution in [0.2, 0.25) is 0 Å². The number of allylic oxidation sites excluding steroid dienone is 2. The summed E-state index contributed by atoms with van der Waals surface area (Å²) in [6.07, 6.45) is 6.37. The van der Waals surface area contributed by atoms with Crippen LogP contribution in [0.1, 0.15) is 38.8 Å². The quantitative estimate of drug-likeness (QED) is 0.733. The molecule has 1 heterocycles. The van der Waals surface area contributed by atoms with Crippen molar-refractivity contribution in [2.45, 2.75) is 39.5 Å². The number of hydrogen-bond acceptors (Lipinski definition) is 1. The summed E-state index contributed by atoms with van der Waals surface area (Å²) in [7, 11) is 0. The minimum absolute atomic E-state index is 0.0956. The molecular weight excluding hydrogens is 188 g/mol. The normalized spacial score (nSPS) is 21.3. The van der Waals surface area contributed by atoms with E-state index in [0.29, 0.717) is 5.92 Å². The van der Waals surface area contributed by atoms with Crippen molar-refractivity contribution in [3.8, 4) is 0 Å². The molecule has 0 spiro atoms. The minimum Gasteiger partial charge on any atom is -0.313 e. The van der Waals surface area contributed by atoms with E-state index >= 15 is 0 Å². The van der Waals surface area contributed by atoms with Crippen molar-refractivity contribution in [1.29, 1.82) is 0 Å². The molecule has 1 aliphatic rings. The molecule has 0 bridgehead atoms. The summed E-state index contributed by atoms with van der Waals surface area (Å²) in [5, 5.41) is 0. The first-order chi connectivity index (χ1) is 7.20. The molecule has 15 heavy (non-hydrogen) atoms. The summed E-state index contributed by atoms with van der Waals surface area (Å²) in [4.78, 5) is 16.4. The van der Waals surface area contributed by atoms with Gasteiger partial charge in [0.2, 0.25) is 0 Å². The lowest BCUT2D eigenvalue weighted by Crippen LogP contribution is -2.06. The number of imidazole rings is 1. The zero-order valence-electron chi connectivity index (χ0n) is 9.39. The van der Waals surface area contributed by atoms with Crippen molar-refractivity contribution >= 4 is 0 Å². The molecule has 1 atom stereocenters. The molecule has 0 aliphatic heterocycles. The van der Waals surface area contributed by atoms with Gasteiger partial charge < -0.3 is 9.97 Å². The molecule has 3 heteroatoms. The summed E-state index contributed by atoms with van der Waals surface area (Å²) in [5.74, 6) is 0.640. The summed E-state index contributed by atoms with van der Waals surface area (Å²) in [6.45, 7) is 4.45. The average molecular weight is 206 g/mol. The first-order valence-electron chi connectivity index (χ1n) is 5.65. The molecule has 0 fully saturated rings. The second-order valence-electron chi connectivity index (χ2n) is 4.37. The van der Waals surface area contributed by atoms with Gasteiger partial charge >= 0.3 is 5.69 Å². The summed E-state index contributed by atoms with van der Waals surface area (Å²) in [5.41, 5.74) is 4.09. The topological polar surface area (TPSA) is 48.6 Å². The summed E-state index contributed by atoms with van der Waals surface area (Å²) >= 11 is 0. The minimum atomic E-state index is -0.0956. The highest BCUT2D eigenvalue weighted by molar-refractivity contribution is 5.22. The molecule has 1 aliphatic carbocycles. The zero-order chi connectivity index (χ0) is 10.8. The van der Waals surface area contributed by atoms with Gasteiger partial charge in [-0.2, -0.15) is 0 Å². The third kappa shape index (κ3) is 2.06. The smallest absolute Gasteiger partial charge is 0.313 e. The number of aromatic nitrogens is 2. The lowest BCUT2D eigenvalue weighted by Gasteiger charge is -2.12. The highest BCUT2D eigenvalue weighted by Gasteiger charge is 2.22. The molecule has 1 aromatic heterocycles. The van der Waals surface area contributed by atoms with Gasteiger partial charge in [0, 0.05) is 11.9 Å². The highest BCUT2D eigenvalue weighted by Crippen LogP contribution is 2.35. The molecule has 3 nitrogen and oxygen atoms in total. The van der Waals surface area contributed by atoms with Crippen molar-refractivity contribution in [3.05, 3.63) is 33.5 Å². The van der Waals surface area contributed by atoms with E-state index in [1.54, 1.807) is 17.3 Å². The van der Waals surface area contributed by atoms with Gasteiger partial charge in [-0.25, -0.2) is 4.79 Å². The fourth-order valence-electron chi connectivity index (χ4n) is 2.64. The Morgan fingerprint density at radius 2 is 2.33 bits per heavy atom. The maximum Gasteiger partial charge on any atom is 0.323 e. The second-order valence-corrected chi connectivity index (χ2v) is 4.37. The van der Waals surface area contributed by atoms with E-state index in [0.717, 1.165) is 18.5 Å². The van der Waals surface area contributed by atoms with Crippen LogP contribution in [-0.2, 0) is 6.42 Å². The number of rotatable bonds is 3. The van der Waals surface area contributed by atoms with Crippen LogP contribution in [0.25, 0.3) is 0 Å². The van der Waals surface area contributed by atoms with Gasteiger partial charge in [-0.3, -0.25) is 0 Å². The third-order valence-electron chi connectivity index (χ3n) is 3.41. The molecule has 2 rings (SSSR count). The number of hydrogen-bond donors (Lipinski definition) is 2. The average Bonchev–Trinajstić information content (AvgIpc) is 2.75. The lowest BCUT2D eigenvalue weighted by atomic mass is 9.94. The number of nitrogens with one attached hydrogen (secondary N) is 2. The summed E-state index contributed by atoms with van der Waals surface area (Å²) < 4.78 is 0. The van der Waals surface area contributed by atoms with Gasteiger partial charge in [-0.15, -0.1) is 0 Å². The van der Waals surface area contributed by atoms with E-state index in [1.165, 1.54) is 12.8 Å². The van der Waals surface area contributed by atoms with Crippen LogP contribution in [0.15, 0.2) is 22.1 Å². The SMILES string of the molecule is CCC1=C(C)CCC1Cc1c[nH]c(=O)[nH]1. The Hall–Kier alpha value is -1.25. The largest absolute Gasteiger partial charge is 0.323 e. The van der Waals surface area contributed by atoms with Crippen LogP contribution < -0.4 is 5.69 Å². The fraction of sp³-hybridized carbons (Fsp3) is 0.583. The summed E-state index contributed by atoms with van der Waals surface area (Å²) in [6, 6.07) is 0. The molecule has 1 aromatic rings. The predicted molar refractivity (Wildman–Crippen MR) is 60.8 cm³/mol. The molecule has 0 aromatic carbocycles. The lowest BCUT2D eigenvalue weighted by molar-refractivity contribution is 0.581. The Kier molecular flexibility index (Phi) is 2.80. The standard InChI is InChI=1S/C12H18N2O/c1-3-11-8(2)4-5-9(11)6-10-7-13-12(15)14-10/h7,9H,3-6H2,1-2H3,(H2,13,14,15). The van der Waals surface area contributed by atoms with Crippen LogP contribution in [0.5, 0.6) is 0 Å². The molecular formula is C12H18N2O. The van der Waals surface area contributed by atoms with Crippen molar-refractivity contribution in [2.24, 2.45) is 5.92 Å². The predicted octanol–water partition coefficient (Wildman–Crippen LogP) is 2.38. The number of H-pyrrole nitrogens is 2. The van der Waals surface area contributed by atoms with Gasteiger partial charge in [-0.1, -0.05) is 18.1 Å². The maximum atomic E-state index is 11.0. The molecule has 0 radical (unpaired) electrons. The van der Waals surface area contributed by atoms with Crippen LogP contribution in [0.4, 0.5) is 0 Å². The van der Waals surface area contributed by atoms with Gasteiger partial charge in [0.15, 0.2) is 0 Å². The molecule has 0 amide bonds. The van der Waals surface area contributed by atoms with E-state index in [-0.39, 0.29) is 5.69 Å². The highest BCUT2D eigenvalue weighted by atomic mass is 16.1. The van der Waals surface area contributed by atoms with Crippen molar-refractivity contribution in [1.82, 2.24) is 9.97 Å². The third-order valence-corrected chi connectivity index (χ3v) is 3.41. The fourth-order valence-corrected chi connectivity index (χ4v) is 2.64. The van der Waals surface area contributed by atoms with E-state index < -0.39 is 0 Å². The second kappa shape index (κ2) is 4.09. The Labute approximate surface area is 89.6 Å². The Morgan fingerprint density at radius 3 is 2.93 bits per heavy atom. The molecule has 0 saturated heterocycles. The van der Waals surface area contributed by atoms with E-state index in [1.807, 2.05) is 0 Å². The Bertz CT molecular complexity index is 425.